The summed E-state index contributed by atoms with van der Waals surface area (Å²) in [5.41, 5.74) is 0.366. The van der Waals surface area contributed by atoms with E-state index in [9.17, 15) is 9.90 Å². The van der Waals surface area contributed by atoms with Crippen molar-refractivity contribution in [2.24, 2.45) is 0 Å². The highest BCUT2D eigenvalue weighted by Gasteiger charge is 2.27. The first kappa shape index (κ1) is 11.8. The molecule has 1 fully saturated rings. The minimum atomic E-state index is -0.428. The molecule has 1 aromatic rings. The van der Waals surface area contributed by atoms with Crippen molar-refractivity contribution in [3.05, 3.63) is 27.5 Å². The molecule has 6 heteroatoms. The highest BCUT2D eigenvalue weighted by atomic mass is 79.9. The number of rotatable bonds is 1. The van der Waals surface area contributed by atoms with Crippen LogP contribution < -0.4 is 0 Å². The lowest BCUT2D eigenvalue weighted by Gasteiger charge is -2.15. The summed E-state index contributed by atoms with van der Waals surface area (Å²) < 4.78 is 0.708. The molecular weight excluding hydrogens is 295 g/mol. The summed E-state index contributed by atoms with van der Waals surface area (Å²) in [7, 11) is 0. The quantitative estimate of drug-likeness (QED) is 0.804. The number of hydrogen-bond donors (Lipinski definition) is 1. The maximum Gasteiger partial charge on any atom is 0.257 e. The van der Waals surface area contributed by atoms with Gasteiger partial charge in [0.15, 0.2) is 0 Å². The zero-order valence-electron chi connectivity index (χ0n) is 8.36. The van der Waals surface area contributed by atoms with Crippen LogP contribution in [0.2, 0.25) is 5.15 Å². The molecule has 1 amide bonds. The van der Waals surface area contributed by atoms with E-state index in [4.69, 9.17) is 11.6 Å². The van der Waals surface area contributed by atoms with Crippen LogP contribution in [0.5, 0.6) is 0 Å². The molecule has 16 heavy (non-hydrogen) atoms. The van der Waals surface area contributed by atoms with E-state index in [1.807, 2.05) is 0 Å². The van der Waals surface area contributed by atoms with E-state index < -0.39 is 6.10 Å². The Labute approximate surface area is 106 Å². The van der Waals surface area contributed by atoms with Gasteiger partial charge in [0.2, 0.25) is 0 Å². The maximum atomic E-state index is 12.0. The minimum Gasteiger partial charge on any atom is -0.391 e. The predicted octanol–water partition coefficient (Wildman–Crippen LogP) is 1.70. The standard InChI is InChI=1S/C10H10BrClN2O2/c11-6-3-8(9(12)13-4-6)10(16)14-2-1-7(15)5-14/h3-4,7,15H,1-2,5H2/t7-/m1/s1. The second-order valence-corrected chi connectivity index (χ2v) is 4.96. The average Bonchev–Trinajstić information content (AvgIpc) is 2.67. The van der Waals surface area contributed by atoms with Gasteiger partial charge in [-0.25, -0.2) is 4.98 Å². The summed E-state index contributed by atoms with van der Waals surface area (Å²) in [4.78, 5) is 17.5. The fraction of sp³-hybridized carbons (Fsp3) is 0.400. The van der Waals surface area contributed by atoms with Crippen LogP contribution in [-0.2, 0) is 0 Å². The van der Waals surface area contributed by atoms with Crippen molar-refractivity contribution in [3.8, 4) is 0 Å². The lowest BCUT2D eigenvalue weighted by Crippen LogP contribution is -2.29. The Morgan fingerprint density at radius 1 is 1.69 bits per heavy atom. The van der Waals surface area contributed by atoms with Crippen LogP contribution in [0.3, 0.4) is 0 Å². The van der Waals surface area contributed by atoms with Crippen LogP contribution in [0.15, 0.2) is 16.7 Å². The number of pyridine rings is 1. The topological polar surface area (TPSA) is 53.4 Å². The number of halogens is 2. The van der Waals surface area contributed by atoms with Gasteiger partial charge in [0.25, 0.3) is 5.91 Å². The Morgan fingerprint density at radius 3 is 3.06 bits per heavy atom. The molecule has 0 radical (unpaired) electrons. The van der Waals surface area contributed by atoms with Gasteiger partial charge in [-0.1, -0.05) is 11.6 Å². The highest BCUT2D eigenvalue weighted by molar-refractivity contribution is 9.10. The molecule has 0 saturated carbocycles. The van der Waals surface area contributed by atoms with Gasteiger partial charge in [-0.2, -0.15) is 0 Å². The van der Waals surface area contributed by atoms with E-state index in [-0.39, 0.29) is 11.1 Å². The third-order valence-electron chi connectivity index (χ3n) is 2.49. The van der Waals surface area contributed by atoms with Crippen LogP contribution >= 0.6 is 27.5 Å². The van der Waals surface area contributed by atoms with Gasteiger partial charge in [0.1, 0.15) is 5.15 Å². The first-order valence-electron chi connectivity index (χ1n) is 4.86. The van der Waals surface area contributed by atoms with Crippen molar-refractivity contribution < 1.29 is 9.90 Å². The third kappa shape index (κ3) is 2.36. The van der Waals surface area contributed by atoms with Gasteiger partial charge in [-0.3, -0.25) is 4.79 Å². The molecule has 1 aromatic heterocycles. The fourth-order valence-electron chi connectivity index (χ4n) is 1.67. The van der Waals surface area contributed by atoms with Crippen molar-refractivity contribution >= 4 is 33.4 Å². The summed E-state index contributed by atoms with van der Waals surface area (Å²) in [6.07, 6.45) is 1.73. The van der Waals surface area contributed by atoms with Gasteiger partial charge in [-0.05, 0) is 28.4 Å². The molecule has 0 bridgehead atoms. The van der Waals surface area contributed by atoms with E-state index in [1.54, 1.807) is 11.0 Å². The number of hydrogen-bond acceptors (Lipinski definition) is 3. The molecule has 1 aliphatic rings. The summed E-state index contributed by atoms with van der Waals surface area (Å²) in [6, 6.07) is 1.64. The maximum absolute atomic E-state index is 12.0. The largest absolute Gasteiger partial charge is 0.391 e. The lowest BCUT2D eigenvalue weighted by atomic mass is 10.2. The fourth-order valence-corrected chi connectivity index (χ4v) is 2.18. The number of carbonyl (C=O) groups is 1. The molecule has 1 N–H and O–H groups in total. The van der Waals surface area contributed by atoms with E-state index in [0.717, 1.165) is 0 Å². The van der Waals surface area contributed by atoms with Gasteiger partial charge < -0.3 is 10.0 Å². The van der Waals surface area contributed by atoms with E-state index in [1.165, 1.54) is 6.20 Å². The number of β-amino-alcohol motifs (C(OH)–C–C–N with tert-alkyl or cyclic N) is 1. The van der Waals surface area contributed by atoms with E-state index in [0.29, 0.717) is 29.5 Å². The van der Waals surface area contributed by atoms with E-state index in [2.05, 4.69) is 20.9 Å². The van der Waals surface area contributed by atoms with Gasteiger partial charge >= 0.3 is 0 Å². The van der Waals surface area contributed by atoms with Crippen LogP contribution in [0.1, 0.15) is 16.8 Å². The summed E-state index contributed by atoms with van der Waals surface area (Å²) in [6.45, 7) is 0.921. The van der Waals surface area contributed by atoms with Crippen molar-refractivity contribution in [1.82, 2.24) is 9.88 Å². The number of amides is 1. The minimum absolute atomic E-state index is 0.185. The number of aromatic nitrogens is 1. The third-order valence-corrected chi connectivity index (χ3v) is 3.22. The molecule has 86 valence electrons. The van der Waals surface area contributed by atoms with Gasteiger partial charge in [0, 0.05) is 23.8 Å². The second-order valence-electron chi connectivity index (χ2n) is 3.69. The smallest absolute Gasteiger partial charge is 0.257 e. The van der Waals surface area contributed by atoms with Crippen LogP contribution in [0, 0.1) is 0 Å². The molecular formula is C10H10BrClN2O2. The Morgan fingerprint density at radius 2 is 2.44 bits per heavy atom. The number of carbonyl (C=O) groups excluding carboxylic acids is 1. The summed E-state index contributed by atoms with van der Waals surface area (Å²) in [5, 5.41) is 9.56. The van der Waals surface area contributed by atoms with Crippen LogP contribution in [-0.4, -0.2) is 40.1 Å². The van der Waals surface area contributed by atoms with Crippen molar-refractivity contribution in [3.63, 3.8) is 0 Å². The molecule has 0 spiro atoms. The molecule has 0 unspecified atom stereocenters. The van der Waals surface area contributed by atoms with Gasteiger partial charge in [-0.15, -0.1) is 0 Å². The molecule has 0 aromatic carbocycles. The van der Waals surface area contributed by atoms with Gasteiger partial charge in [0.05, 0.1) is 11.7 Å². The van der Waals surface area contributed by atoms with E-state index >= 15 is 0 Å². The predicted molar refractivity (Wildman–Crippen MR) is 63.5 cm³/mol. The molecule has 2 heterocycles. The molecule has 1 aliphatic heterocycles. The Hall–Kier alpha value is -0.650. The average molecular weight is 306 g/mol. The monoisotopic (exact) mass is 304 g/mol. The van der Waals surface area contributed by atoms with Crippen LogP contribution in [0.25, 0.3) is 0 Å². The lowest BCUT2D eigenvalue weighted by molar-refractivity contribution is 0.0764. The zero-order valence-corrected chi connectivity index (χ0v) is 10.7. The normalized spacial score (nSPS) is 20.2. The van der Waals surface area contributed by atoms with Crippen molar-refractivity contribution in [2.75, 3.05) is 13.1 Å². The summed E-state index contributed by atoms with van der Waals surface area (Å²) >= 11 is 9.11. The molecule has 4 nitrogen and oxygen atoms in total. The number of aliphatic hydroxyl groups excluding tert-OH is 1. The Kier molecular flexibility index (Phi) is 3.47. The highest BCUT2D eigenvalue weighted by Crippen LogP contribution is 2.21. The first-order chi connectivity index (χ1) is 7.58. The molecule has 0 aliphatic carbocycles. The number of aliphatic hydroxyl groups is 1. The SMILES string of the molecule is O=C(c1cc(Br)cnc1Cl)N1CC[C@@H](O)C1. The Balaban J connectivity index is 2.23. The molecule has 1 saturated heterocycles. The van der Waals surface area contributed by atoms with Crippen molar-refractivity contribution in [1.29, 1.82) is 0 Å². The molecule has 2 rings (SSSR count). The zero-order chi connectivity index (χ0) is 11.7. The first-order valence-corrected chi connectivity index (χ1v) is 6.03. The van der Waals surface area contributed by atoms with Crippen LogP contribution in [0.4, 0.5) is 0 Å². The Bertz CT molecular complexity index is 427. The second kappa shape index (κ2) is 4.69. The number of likely N-dealkylation sites (tertiary alicyclic amines) is 1. The van der Waals surface area contributed by atoms with Crippen molar-refractivity contribution in [2.45, 2.75) is 12.5 Å². The summed E-state index contributed by atoms with van der Waals surface area (Å²) in [5.74, 6) is -0.185. The number of nitrogens with zero attached hydrogens (tertiary/aromatic N) is 2. The molecule has 1 atom stereocenters.